The van der Waals surface area contributed by atoms with Crippen molar-refractivity contribution in [3.63, 3.8) is 0 Å². The number of rotatable bonds is 3. The summed E-state index contributed by atoms with van der Waals surface area (Å²) in [7, 11) is 0. The number of nitrogens with zero attached hydrogens (tertiary/aromatic N) is 3. The van der Waals surface area contributed by atoms with Gasteiger partial charge in [0.05, 0.1) is 5.54 Å². The van der Waals surface area contributed by atoms with Crippen molar-refractivity contribution in [3.8, 4) is 0 Å². The SMILES string of the molecule is CC(C)(C)c1ccc(N2c3ccc(C(C)(C)C)cc3B3c4ccc(N5c6ccc(C(C)(C)C)cc6C6(C)CCCCCC56C)cc4N(c4ccc(C(C)(C)C)cc4)c4cc(C(C)(C)C)cc2c43)cc1. The third-order valence-corrected chi connectivity index (χ3v) is 17.2. The van der Waals surface area contributed by atoms with E-state index in [4.69, 9.17) is 0 Å². The molecule has 4 heteroatoms. The van der Waals surface area contributed by atoms with Crippen molar-refractivity contribution < 1.29 is 0 Å². The monoisotopic (exact) mass is 914 g/mol. The first-order valence-corrected chi connectivity index (χ1v) is 26.3. The van der Waals surface area contributed by atoms with Crippen molar-refractivity contribution >= 4 is 68.6 Å². The molecule has 0 bridgehead atoms. The molecule has 2 atom stereocenters. The number of fused-ring (bicyclic) bond motifs is 7. The second-order valence-electron chi connectivity index (χ2n) is 27.1. The van der Waals surface area contributed by atoms with E-state index in [1.54, 1.807) is 0 Å². The summed E-state index contributed by atoms with van der Waals surface area (Å²) in [6, 6.07) is 46.6. The highest BCUT2D eigenvalue weighted by atomic mass is 15.3. The molecule has 2 unspecified atom stereocenters. The molecular weight excluding hydrogens is 834 g/mol. The lowest BCUT2D eigenvalue weighted by molar-refractivity contribution is 0.261. The molecule has 0 spiro atoms. The van der Waals surface area contributed by atoms with E-state index in [-0.39, 0.29) is 44.7 Å². The summed E-state index contributed by atoms with van der Waals surface area (Å²) in [6.07, 6.45) is 6.17. The van der Waals surface area contributed by atoms with Gasteiger partial charge in [0.1, 0.15) is 0 Å². The fraction of sp³-hybridized carbons (Fsp3) is 0.446. The molecular formula is C65H80BN3. The van der Waals surface area contributed by atoms with Crippen LogP contribution in [0.4, 0.5) is 45.5 Å². The van der Waals surface area contributed by atoms with E-state index in [1.807, 2.05) is 0 Å². The highest BCUT2D eigenvalue weighted by molar-refractivity contribution is 7.00. The number of hydrogen-bond donors (Lipinski definition) is 0. The summed E-state index contributed by atoms with van der Waals surface area (Å²) in [6.45, 7) is 40.5. The zero-order valence-electron chi connectivity index (χ0n) is 45.4. The van der Waals surface area contributed by atoms with Gasteiger partial charge in [-0.2, -0.15) is 0 Å². The van der Waals surface area contributed by atoms with Crippen molar-refractivity contribution in [2.75, 3.05) is 14.7 Å². The third-order valence-electron chi connectivity index (χ3n) is 17.2. The molecule has 3 nitrogen and oxygen atoms in total. The molecule has 6 aromatic rings. The van der Waals surface area contributed by atoms with Crippen LogP contribution in [0.25, 0.3) is 0 Å². The van der Waals surface area contributed by atoms with Gasteiger partial charge in [-0.15, -0.1) is 0 Å². The molecule has 10 rings (SSSR count). The van der Waals surface area contributed by atoms with Crippen LogP contribution in [-0.4, -0.2) is 12.3 Å². The molecule has 0 aromatic heterocycles. The molecule has 4 aliphatic rings. The fourth-order valence-electron chi connectivity index (χ4n) is 12.6. The molecule has 69 heavy (non-hydrogen) atoms. The fourth-order valence-corrected chi connectivity index (χ4v) is 12.6. The molecule has 0 amide bonds. The zero-order chi connectivity index (χ0) is 49.6. The van der Waals surface area contributed by atoms with Crippen molar-refractivity contribution in [2.45, 2.75) is 188 Å². The van der Waals surface area contributed by atoms with Gasteiger partial charge < -0.3 is 14.7 Å². The summed E-state index contributed by atoms with van der Waals surface area (Å²) < 4.78 is 0. The minimum Gasteiger partial charge on any atom is -0.334 e. The molecule has 3 heterocycles. The first-order valence-electron chi connectivity index (χ1n) is 26.3. The Balaban J connectivity index is 1.29. The molecule has 0 saturated heterocycles. The molecule has 0 N–H and O–H groups in total. The molecule has 1 saturated carbocycles. The normalized spacial score (nSPS) is 20.2. The lowest BCUT2D eigenvalue weighted by atomic mass is 9.33. The summed E-state index contributed by atoms with van der Waals surface area (Å²) in [4.78, 5) is 8.06. The summed E-state index contributed by atoms with van der Waals surface area (Å²) in [5.74, 6) is 0. The van der Waals surface area contributed by atoms with Gasteiger partial charge in [-0.05, 0) is 157 Å². The molecule has 1 fully saturated rings. The van der Waals surface area contributed by atoms with Gasteiger partial charge in [-0.1, -0.05) is 185 Å². The van der Waals surface area contributed by atoms with E-state index in [2.05, 4.69) is 248 Å². The number of hydrogen-bond acceptors (Lipinski definition) is 3. The molecule has 3 aliphatic heterocycles. The van der Waals surface area contributed by atoms with Crippen LogP contribution >= 0.6 is 0 Å². The smallest absolute Gasteiger partial charge is 0.252 e. The lowest BCUT2D eigenvalue weighted by Gasteiger charge is -2.48. The summed E-state index contributed by atoms with van der Waals surface area (Å²) in [5, 5.41) is 0. The Morgan fingerprint density at radius 1 is 0.377 bits per heavy atom. The van der Waals surface area contributed by atoms with Crippen LogP contribution in [0.5, 0.6) is 0 Å². The Labute approximate surface area is 417 Å². The van der Waals surface area contributed by atoms with Gasteiger partial charge in [-0.3, -0.25) is 0 Å². The molecule has 0 radical (unpaired) electrons. The average Bonchev–Trinajstić information content (AvgIpc) is 3.33. The van der Waals surface area contributed by atoms with Crippen LogP contribution in [0, 0.1) is 0 Å². The van der Waals surface area contributed by atoms with Gasteiger partial charge in [-0.25, -0.2) is 0 Å². The Hall–Kier alpha value is -5.22. The highest BCUT2D eigenvalue weighted by Crippen LogP contribution is 2.61. The van der Waals surface area contributed by atoms with Crippen LogP contribution in [0.1, 0.15) is 183 Å². The largest absolute Gasteiger partial charge is 0.334 e. The minimum atomic E-state index is -0.104. The quantitative estimate of drug-likeness (QED) is 0.164. The highest BCUT2D eigenvalue weighted by Gasteiger charge is 2.57. The van der Waals surface area contributed by atoms with Gasteiger partial charge >= 0.3 is 0 Å². The first kappa shape index (κ1) is 47.5. The second-order valence-corrected chi connectivity index (χ2v) is 27.1. The van der Waals surface area contributed by atoms with E-state index in [9.17, 15) is 0 Å². The maximum absolute atomic E-state index is 2.81. The van der Waals surface area contributed by atoms with Crippen LogP contribution in [-0.2, 0) is 32.5 Å². The van der Waals surface area contributed by atoms with Gasteiger partial charge in [0.25, 0.3) is 6.71 Å². The topological polar surface area (TPSA) is 9.72 Å². The van der Waals surface area contributed by atoms with Crippen LogP contribution in [0.3, 0.4) is 0 Å². The van der Waals surface area contributed by atoms with Gasteiger partial charge in [0.15, 0.2) is 0 Å². The second kappa shape index (κ2) is 15.6. The molecule has 6 aromatic carbocycles. The van der Waals surface area contributed by atoms with E-state index in [0.29, 0.717) is 0 Å². The minimum absolute atomic E-state index is 0.0157. The van der Waals surface area contributed by atoms with Crippen LogP contribution < -0.4 is 31.1 Å². The van der Waals surface area contributed by atoms with Crippen molar-refractivity contribution in [1.82, 2.24) is 0 Å². The van der Waals surface area contributed by atoms with E-state index in [1.165, 1.54) is 121 Å². The van der Waals surface area contributed by atoms with Gasteiger partial charge in [0, 0.05) is 50.9 Å². The van der Waals surface area contributed by atoms with E-state index < -0.39 is 0 Å². The Morgan fingerprint density at radius 2 is 0.826 bits per heavy atom. The van der Waals surface area contributed by atoms with Crippen molar-refractivity contribution in [3.05, 3.63) is 149 Å². The van der Waals surface area contributed by atoms with Gasteiger partial charge in [0.2, 0.25) is 0 Å². The predicted octanol–water partition coefficient (Wildman–Crippen LogP) is 16.4. The third kappa shape index (κ3) is 7.59. The van der Waals surface area contributed by atoms with E-state index in [0.717, 1.165) is 6.42 Å². The summed E-state index contributed by atoms with van der Waals surface area (Å²) >= 11 is 0. The summed E-state index contributed by atoms with van der Waals surface area (Å²) in [5.41, 5.74) is 22.6. The van der Waals surface area contributed by atoms with E-state index >= 15 is 0 Å². The Morgan fingerprint density at radius 3 is 1.35 bits per heavy atom. The van der Waals surface area contributed by atoms with Crippen LogP contribution in [0.2, 0.25) is 0 Å². The standard InChI is InChI=1S/C65H80BN3/c1-59(2,3)42-21-27-47(28-22-42)67-54-34-26-45(62(10,11)12)38-52(54)66-51-32-31-49(69-53-33-25-44(61(7,8)9)37-50(53)64(16)35-19-18-20-36-65(64,69)17)41-55(51)68(48-29-23-43(24-30-48)60(4,5)6)57-40-46(63(13,14)15)39-56(67)58(57)66/h21-34,37-41H,18-20,35-36H2,1-17H3. The maximum Gasteiger partial charge on any atom is 0.252 e. The molecule has 358 valence electrons. The van der Waals surface area contributed by atoms with Crippen molar-refractivity contribution in [1.29, 1.82) is 0 Å². The van der Waals surface area contributed by atoms with Crippen molar-refractivity contribution in [2.24, 2.45) is 0 Å². The Bertz CT molecular complexity index is 2980. The maximum atomic E-state index is 2.81. The Kier molecular flexibility index (Phi) is 10.8. The zero-order valence-corrected chi connectivity index (χ0v) is 45.4. The average molecular weight is 914 g/mol. The number of anilines is 8. The number of benzene rings is 6. The molecule has 1 aliphatic carbocycles. The first-order chi connectivity index (χ1) is 32.1. The van der Waals surface area contributed by atoms with Crippen LogP contribution in [0.15, 0.2) is 115 Å². The lowest BCUT2D eigenvalue weighted by Crippen LogP contribution is -2.61. The predicted molar refractivity (Wildman–Crippen MR) is 301 cm³/mol.